The SMILES string of the molecule is C#CCCCOc1ccc(F)cc1C(C)N. The summed E-state index contributed by atoms with van der Waals surface area (Å²) in [6.07, 6.45) is 6.59. The van der Waals surface area contributed by atoms with Gasteiger partial charge in [-0.2, -0.15) is 0 Å². The Kier molecular flexibility index (Phi) is 4.81. The quantitative estimate of drug-likeness (QED) is 0.612. The first-order valence-corrected chi connectivity index (χ1v) is 5.26. The molecule has 1 unspecified atom stereocenters. The van der Waals surface area contributed by atoms with Crippen molar-refractivity contribution in [2.45, 2.75) is 25.8 Å². The van der Waals surface area contributed by atoms with Gasteiger partial charge in [-0.3, -0.25) is 0 Å². The van der Waals surface area contributed by atoms with Gasteiger partial charge in [-0.25, -0.2) is 4.39 Å². The molecule has 1 aromatic carbocycles. The Morgan fingerprint density at radius 3 is 2.94 bits per heavy atom. The summed E-state index contributed by atoms with van der Waals surface area (Å²) < 4.78 is 18.5. The Hall–Kier alpha value is -1.53. The number of benzene rings is 1. The highest BCUT2D eigenvalue weighted by molar-refractivity contribution is 5.36. The molecule has 0 spiro atoms. The second kappa shape index (κ2) is 6.14. The number of hydrogen-bond acceptors (Lipinski definition) is 2. The minimum absolute atomic E-state index is 0.252. The zero-order valence-corrected chi connectivity index (χ0v) is 9.37. The van der Waals surface area contributed by atoms with Crippen molar-refractivity contribution in [2.24, 2.45) is 5.73 Å². The van der Waals surface area contributed by atoms with E-state index in [4.69, 9.17) is 16.9 Å². The van der Waals surface area contributed by atoms with Gasteiger partial charge in [0.15, 0.2) is 0 Å². The minimum Gasteiger partial charge on any atom is -0.493 e. The van der Waals surface area contributed by atoms with Gasteiger partial charge in [-0.05, 0) is 31.5 Å². The van der Waals surface area contributed by atoms with Crippen molar-refractivity contribution in [1.82, 2.24) is 0 Å². The predicted molar refractivity (Wildman–Crippen MR) is 62.6 cm³/mol. The highest BCUT2D eigenvalue weighted by Gasteiger charge is 2.09. The second-order valence-electron chi connectivity index (χ2n) is 3.63. The summed E-state index contributed by atoms with van der Waals surface area (Å²) in [4.78, 5) is 0. The maximum Gasteiger partial charge on any atom is 0.124 e. The van der Waals surface area contributed by atoms with E-state index in [0.29, 0.717) is 24.3 Å². The lowest BCUT2D eigenvalue weighted by atomic mass is 10.1. The second-order valence-corrected chi connectivity index (χ2v) is 3.63. The monoisotopic (exact) mass is 221 g/mol. The average molecular weight is 221 g/mol. The Labute approximate surface area is 95.6 Å². The van der Waals surface area contributed by atoms with Crippen LogP contribution in [0.2, 0.25) is 0 Å². The standard InChI is InChI=1S/C13H16FNO/c1-3-4-5-8-16-13-7-6-11(14)9-12(13)10(2)15/h1,6-7,9-10H,4-5,8,15H2,2H3. The van der Waals surface area contributed by atoms with Crippen molar-refractivity contribution >= 4 is 0 Å². The summed E-state index contributed by atoms with van der Waals surface area (Å²) in [6, 6.07) is 4.12. The largest absolute Gasteiger partial charge is 0.493 e. The van der Waals surface area contributed by atoms with E-state index in [9.17, 15) is 4.39 Å². The molecule has 86 valence electrons. The third kappa shape index (κ3) is 3.56. The highest BCUT2D eigenvalue weighted by Crippen LogP contribution is 2.24. The molecule has 2 N–H and O–H groups in total. The first kappa shape index (κ1) is 12.5. The predicted octanol–water partition coefficient (Wildman–Crippen LogP) is 2.64. The van der Waals surface area contributed by atoms with Crippen molar-refractivity contribution in [3.8, 4) is 18.1 Å². The van der Waals surface area contributed by atoms with Crippen molar-refractivity contribution < 1.29 is 9.13 Å². The van der Waals surface area contributed by atoms with E-state index in [0.717, 1.165) is 6.42 Å². The van der Waals surface area contributed by atoms with Crippen molar-refractivity contribution in [1.29, 1.82) is 0 Å². The van der Waals surface area contributed by atoms with Gasteiger partial charge < -0.3 is 10.5 Å². The van der Waals surface area contributed by atoms with Crippen LogP contribution in [0.15, 0.2) is 18.2 Å². The lowest BCUT2D eigenvalue weighted by Crippen LogP contribution is -2.09. The maximum absolute atomic E-state index is 13.0. The summed E-state index contributed by atoms with van der Waals surface area (Å²) >= 11 is 0. The first-order valence-electron chi connectivity index (χ1n) is 5.26. The van der Waals surface area contributed by atoms with Gasteiger partial charge >= 0.3 is 0 Å². The molecule has 0 radical (unpaired) electrons. The van der Waals surface area contributed by atoms with Crippen molar-refractivity contribution in [2.75, 3.05) is 6.61 Å². The van der Waals surface area contributed by atoms with Gasteiger partial charge in [0.05, 0.1) is 6.61 Å². The van der Waals surface area contributed by atoms with Crippen LogP contribution in [-0.2, 0) is 0 Å². The van der Waals surface area contributed by atoms with Crippen LogP contribution in [0.4, 0.5) is 4.39 Å². The summed E-state index contributed by atoms with van der Waals surface area (Å²) in [5, 5.41) is 0. The fourth-order valence-electron chi connectivity index (χ4n) is 1.36. The Morgan fingerprint density at radius 2 is 2.31 bits per heavy atom. The van der Waals surface area contributed by atoms with Gasteiger partial charge in [0.1, 0.15) is 11.6 Å². The van der Waals surface area contributed by atoms with Crippen LogP contribution >= 0.6 is 0 Å². The molecule has 1 atom stereocenters. The summed E-state index contributed by atoms with van der Waals surface area (Å²) in [5.41, 5.74) is 6.42. The van der Waals surface area contributed by atoms with E-state index in [2.05, 4.69) is 5.92 Å². The van der Waals surface area contributed by atoms with E-state index in [1.54, 1.807) is 13.0 Å². The number of nitrogens with two attached hydrogens (primary N) is 1. The lowest BCUT2D eigenvalue weighted by molar-refractivity contribution is 0.307. The molecular weight excluding hydrogens is 205 g/mol. The van der Waals surface area contributed by atoms with Crippen molar-refractivity contribution in [3.05, 3.63) is 29.6 Å². The molecule has 1 aromatic rings. The van der Waals surface area contributed by atoms with Gasteiger partial charge in [0.2, 0.25) is 0 Å². The third-order valence-electron chi connectivity index (χ3n) is 2.19. The fourth-order valence-corrected chi connectivity index (χ4v) is 1.36. The summed E-state index contributed by atoms with van der Waals surface area (Å²) in [7, 11) is 0. The first-order chi connectivity index (χ1) is 7.65. The van der Waals surface area contributed by atoms with Gasteiger partial charge in [0.25, 0.3) is 0 Å². The van der Waals surface area contributed by atoms with Crippen LogP contribution < -0.4 is 10.5 Å². The van der Waals surface area contributed by atoms with Crippen LogP contribution in [-0.4, -0.2) is 6.61 Å². The average Bonchev–Trinajstić information content (AvgIpc) is 2.26. The van der Waals surface area contributed by atoms with Gasteiger partial charge in [0, 0.05) is 18.0 Å². The van der Waals surface area contributed by atoms with Crippen molar-refractivity contribution in [3.63, 3.8) is 0 Å². The third-order valence-corrected chi connectivity index (χ3v) is 2.19. The molecule has 0 bridgehead atoms. The normalized spacial score (nSPS) is 11.9. The number of rotatable bonds is 5. The topological polar surface area (TPSA) is 35.2 Å². The summed E-state index contributed by atoms with van der Waals surface area (Å²) in [6.45, 7) is 2.32. The van der Waals surface area contributed by atoms with E-state index in [1.165, 1.54) is 12.1 Å². The number of halogens is 1. The van der Waals surface area contributed by atoms with E-state index < -0.39 is 0 Å². The molecule has 0 heterocycles. The van der Waals surface area contributed by atoms with Crippen LogP contribution in [0.1, 0.15) is 31.4 Å². The molecule has 0 fully saturated rings. The smallest absolute Gasteiger partial charge is 0.124 e. The molecule has 1 rings (SSSR count). The molecule has 0 amide bonds. The van der Waals surface area contributed by atoms with Crippen LogP contribution in [0.25, 0.3) is 0 Å². The number of ether oxygens (including phenoxy) is 1. The zero-order chi connectivity index (χ0) is 12.0. The molecule has 0 saturated heterocycles. The number of unbranched alkanes of at least 4 members (excludes halogenated alkanes) is 1. The number of terminal acetylenes is 1. The molecule has 2 nitrogen and oxygen atoms in total. The van der Waals surface area contributed by atoms with Gasteiger partial charge in [-0.15, -0.1) is 12.3 Å². The Morgan fingerprint density at radius 1 is 1.56 bits per heavy atom. The number of hydrogen-bond donors (Lipinski definition) is 1. The van der Waals surface area contributed by atoms with E-state index in [1.807, 2.05) is 0 Å². The molecule has 0 saturated carbocycles. The molecule has 3 heteroatoms. The zero-order valence-electron chi connectivity index (χ0n) is 9.37. The van der Waals surface area contributed by atoms with Gasteiger partial charge in [-0.1, -0.05) is 0 Å². The Balaban J connectivity index is 2.68. The molecule has 0 aromatic heterocycles. The lowest BCUT2D eigenvalue weighted by Gasteiger charge is -2.13. The highest BCUT2D eigenvalue weighted by atomic mass is 19.1. The molecule has 16 heavy (non-hydrogen) atoms. The van der Waals surface area contributed by atoms with E-state index >= 15 is 0 Å². The summed E-state index contributed by atoms with van der Waals surface area (Å²) in [5.74, 6) is 2.87. The molecule has 0 aliphatic rings. The van der Waals surface area contributed by atoms with E-state index in [-0.39, 0.29) is 11.9 Å². The van der Waals surface area contributed by atoms with Crippen LogP contribution in [0.5, 0.6) is 5.75 Å². The Bertz CT molecular complexity index is 382. The molecular formula is C13H16FNO. The van der Waals surface area contributed by atoms with Crippen LogP contribution in [0.3, 0.4) is 0 Å². The maximum atomic E-state index is 13.0. The minimum atomic E-state index is -0.303. The molecule has 0 aliphatic heterocycles. The van der Waals surface area contributed by atoms with Crippen LogP contribution in [0, 0.1) is 18.2 Å². The fraction of sp³-hybridized carbons (Fsp3) is 0.385. The molecule has 0 aliphatic carbocycles.